The van der Waals surface area contributed by atoms with Crippen LogP contribution in [0.4, 0.5) is 0 Å². The van der Waals surface area contributed by atoms with Crippen LogP contribution in [0.15, 0.2) is 24.5 Å². The van der Waals surface area contributed by atoms with Crippen molar-refractivity contribution in [2.24, 2.45) is 0 Å². The third kappa shape index (κ3) is 2.01. The molecule has 0 saturated carbocycles. The number of aromatic hydroxyl groups is 1. The second-order valence-electron chi connectivity index (χ2n) is 4.29. The van der Waals surface area contributed by atoms with Crippen LogP contribution in [0.3, 0.4) is 0 Å². The number of hydrogen-bond donors (Lipinski definition) is 3. The largest absolute Gasteiger partial charge is 0.508 e. The molecule has 5 nitrogen and oxygen atoms in total. The number of H-pyrrole nitrogens is 1. The van der Waals surface area contributed by atoms with Crippen molar-refractivity contribution in [2.75, 3.05) is 0 Å². The molecule has 1 aromatic heterocycles. The molecule has 1 aliphatic carbocycles. The first kappa shape index (κ1) is 10.3. The molecule has 3 N–H and O–H groups in total. The molecule has 88 valence electrons. The van der Waals surface area contributed by atoms with Crippen molar-refractivity contribution in [1.82, 2.24) is 20.5 Å². The van der Waals surface area contributed by atoms with E-state index in [1.165, 1.54) is 17.5 Å². The highest BCUT2D eigenvalue weighted by atomic mass is 16.3. The Balaban J connectivity index is 1.71. The van der Waals surface area contributed by atoms with Crippen LogP contribution in [0.5, 0.6) is 5.75 Å². The highest BCUT2D eigenvalue weighted by Crippen LogP contribution is 2.33. The number of nitrogens with one attached hydrogen (secondary N) is 2. The number of nitrogens with zero attached hydrogens (tertiary/aromatic N) is 2. The van der Waals surface area contributed by atoms with Crippen molar-refractivity contribution in [1.29, 1.82) is 0 Å². The van der Waals surface area contributed by atoms with E-state index in [0.29, 0.717) is 18.3 Å². The fourth-order valence-electron chi connectivity index (χ4n) is 2.35. The molecule has 0 saturated heterocycles. The molecule has 1 unspecified atom stereocenters. The first-order chi connectivity index (χ1) is 8.33. The van der Waals surface area contributed by atoms with Gasteiger partial charge in [-0.2, -0.15) is 5.10 Å². The number of fused-ring (bicyclic) bond motifs is 1. The molecule has 17 heavy (non-hydrogen) atoms. The maximum absolute atomic E-state index is 9.42. The summed E-state index contributed by atoms with van der Waals surface area (Å²) in [6, 6.07) is 5.93. The summed E-state index contributed by atoms with van der Waals surface area (Å²) < 4.78 is 0. The molecule has 0 radical (unpaired) electrons. The Labute approximate surface area is 98.9 Å². The Hall–Kier alpha value is -1.88. The van der Waals surface area contributed by atoms with Gasteiger partial charge in [0.2, 0.25) is 0 Å². The van der Waals surface area contributed by atoms with E-state index in [1.54, 1.807) is 6.07 Å². The summed E-state index contributed by atoms with van der Waals surface area (Å²) in [4.78, 5) is 4.08. The maximum Gasteiger partial charge on any atom is 0.138 e. The number of aromatic nitrogens is 3. The van der Waals surface area contributed by atoms with Crippen LogP contribution in [0, 0.1) is 0 Å². The molecule has 1 aliphatic rings. The molecular weight excluding hydrogens is 216 g/mol. The van der Waals surface area contributed by atoms with Crippen molar-refractivity contribution < 1.29 is 5.11 Å². The summed E-state index contributed by atoms with van der Waals surface area (Å²) in [7, 11) is 0. The summed E-state index contributed by atoms with van der Waals surface area (Å²) in [5.74, 6) is 1.19. The summed E-state index contributed by atoms with van der Waals surface area (Å²) >= 11 is 0. The predicted molar refractivity (Wildman–Crippen MR) is 62.4 cm³/mol. The van der Waals surface area contributed by atoms with Crippen LogP contribution in [0.2, 0.25) is 0 Å². The lowest BCUT2D eigenvalue weighted by Gasteiger charge is -2.12. The van der Waals surface area contributed by atoms with E-state index >= 15 is 0 Å². The highest BCUT2D eigenvalue weighted by molar-refractivity contribution is 5.39. The average molecular weight is 230 g/mol. The SMILES string of the molecule is Oc1ccc2c(c1)CCC2NCc1ncn[nH]1. The Bertz CT molecular complexity index is 509. The van der Waals surface area contributed by atoms with E-state index in [-0.39, 0.29) is 0 Å². The van der Waals surface area contributed by atoms with E-state index in [2.05, 4.69) is 20.5 Å². The topological polar surface area (TPSA) is 73.8 Å². The molecule has 1 atom stereocenters. The van der Waals surface area contributed by atoms with Crippen LogP contribution >= 0.6 is 0 Å². The first-order valence-electron chi connectivity index (χ1n) is 5.72. The van der Waals surface area contributed by atoms with Gasteiger partial charge in [0, 0.05) is 6.04 Å². The molecule has 0 amide bonds. The Morgan fingerprint density at radius 1 is 1.47 bits per heavy atom. The van der Waals surface area contributed by atoms with Crippen molar-refractivity contribution in [3.8, 4) is 5.75 Å². The Kier molecular flexibility index (Phi) is 2.53. The third-order valence-corrected chi connectivity index (χ3v) is 3.19. The van der Waals surface area contributed by atoms with Gasteiger partial charge in [-0.3, -0.25) is 5.10 Å². The van der Waals surface area contributed by atoms with Crippen LogP contribution in [0.1, 0.15) is 29.4 Å². The van der Waals surface area contributed by atoms with E-state index in [4.69, 9.17) is 0 Å². The standard InChI is InChI=1S/C12H14N4O/c17-9-2-3-10-8(5-9)1-4-11(10)13-6-12-14-7-15-16-12/h2-3,5,7,11,13,17H,1,4,6H2,(H,14,15,16). The van der Waals surface area contributed by atoms with Gasteiger partial charge >= 0.3 is 0 Å². The van der Waals surface area contributed by atoms with Gasteiger partial charge in [0.1, 0.15) is 17.9 Å². The minimum Gasteiger partial charge on any atom is -0.508 e. The molecular formula is C12H14N4O. The second-order valence-corrected chi connectivity index (χ2v) is 4.29. The van der Waals surface area contributed by atoms with Crippen molar-refractivity contribution >= 4 is 0 Å². The fraction of sp³-hybridized carbons (Fsp3) is 0.333. The van der Waals surface area contributed by atoms with Gasteiger partial charge in [-0.05, 0) is 36.1 Å². The molecule has 2 aromatic rings. The van der Waals surface area contributed by atoms with E-state index in [1.807, 2.05) is 12.1 Å². The normalized spacial score (nSPS) is 18.2. The zero-order valence-electron chi connectivity index (χ0n) is 9.35. The monoisotopic (exact) mass is 230 g/mol. The number of benzene rings is 1. The van der Waals surface area contributed by atoms with Crippen LogP contribution in [0.25, 0.3) is 0 Å². The third-order valence-electron chi connectivity index (χ3n) is 3.19. The van der Waals surface area contributed by atoms with Gasteiger partial charge in [0.25, 0.3) is 0 Å². The number of phenols is 1. The molecule has 0 fully saturated rings. The van der Waals surface area contributed by atoms with Crippen LogP contribution in [-0.2, 0) is 13.0 Å². The van der Waals surface area contributed by atoms with Crippen LogP contribution < -0.4 is 5.32 Å². The highest BCUT2D eigenvalue weighted by Gasteiger charge is 2.22. The van der Waals surface area contributed by atoms with Gasteiger partial charge < -0.3 is 10.4 Å². The second kappa shape index (κ2) is 4.18. The summed E-state index contributed by atoms with van der Waals surface area (Å²) in [6.45, 7) is 0.685. The van der Waals surface area contributed by atoms with Gasteiger partial charge in [0.15, 0.2) is 0 Å². The quantitative estimate of drug-likeness (QED) is 0.742. The van der Waals surface area contributed by atoms with Gasteiger partial charge in [-0.25, -0.2) is 4.98 Å². The molecule has 1 heterocycles. The van der Waals surface area contributed by atoms with E-state index in [0.717, 1.165) is 18.7 Å². The Morgan fingerprint density at radius 2 is 2.41 bits per heavy atom. The smallest absolute Gasteiger partial charge is 0.138 e. The molecule has 5 heteroatoms. The van der Waals surface area contributed by atoms with E-state index in [9.17, 15) is 5.11 Å². The Morgan fingerprint density at radius 3 is 3.24 bits per heavy atom. The van der Waals surface area contributed by atoms with Gasteiger partial charge in [-0.1, -0.05) is 6.07 Å². The lowest BCUT2D eigenvalue weighted by molar-refractivity contribution is 0.474. The van der Waals surface area contributed by atoms with Crippen molar-refractivity contribution in [2.45, 2.75) is 25.4 Å². The molecule has 1 aromatic carbocycles. The van der Waals surface area contributed by atoms with Crippen molar-refractivity contribution in [3.63, 3.8) is 0 Å². The molecule has 0 spiro atoms. The predicted octanol–water partition coefficient (Wildman–Crippen LogP) is 1.29. The minimum atomic E-state index is 0.343. The number of rotatable bonds is 3. The van der Waals surface area contributed by atoms with Gasteiger partial charge in [-0.15, -0.1) is 0 Å². The minimum absolute atomic E-state index is 0.343. The number of phenolic OH excluding ortho intramolecular Hbond substituents is 1. The lowest BCUT2D eigenvalue weighted by Crippen LogP contribution is -2.19. The van der Waals surface area contributed by atoms with Crippen LogP contribution in [-0.4, -0.2) is 20.3 Å². The maximum atomic E-state index is 9.42. The van der Waals surface area contributed by atoms with E-state index < -0.39 is 0 Å². The average Bonchev–Trinajstić information content (AvgIpc) is 2.94. The fourth-order valence-corrected chi connectivity index (χ4v) is 2.35. The van der Waals surface area contributed by atoms with Crippen molar-refractivity contribution in [3.05, 3.63) is 41.5 Å². The zero-order chi connectivity index (χ0) is 11.7. The number of aryl methyl sites for hydroxylation is 1. The number of aromatic amines is 1. The molecule has 0 bridgehead atoms. The first-order valence-corrected chi connectivity index (χ1v) is 5.72. The number of hydrogen-bond acceptors (Lipinski definition) is 4. The molecule has 3 rings (SSSR count). The summed E-state index contributed by atoms with van der Waals surface area (Å²) in [5, 5.41) is 19.5. The zero-order valence-corrected chi connectivity index (χ0v) is 9.35. The summed E-state index contributed by atoms with van der Waals surface area (Å²) in [6.07, 6.45) is 3.59. The summed E-state index contributed by atoms with van der Waals surface area (Å²) in [5.41, 5.74) is 2.52. The lowest BCUT2D eigenvalue weighted by atomic mass is 10.1. The van der Waals surface area contributed by atoms with Gasteiger partial charge in [0.05, 0.1) is 6.54 Å². The molecule has 0 aliphatic heterocycles.